The maximum Gasteiger partial charge on any atom is 0.374 e. The molecule has 0 fully saturated rings. The van der Waals surface area contributed by atoms with E-state index < -0.39 is 5.97 Å². The highest BCUT2D eigenvalue weighted by Crippen LogP contribution is 2.15. The SMILES string of the molecule is C[C@H]1NCCCn2c(C(=O)O)nnc21. The topological polar surface area (TPSA) is 80.0 Å². The van der Waals surface area contributed by atoms with Crippen LogP contribution in [0.15, 0.2) is 0 Å². The number of hydrogen-bond acceptors (Lipinski definition) is 4. The van der Waals surface area contributed by atoms with Gasteiger partial charge in [0.05, 0.1) is 6.04 Å². The number of fused-ring (bicyclic) bond motifs is 1. The van der Waals surface area contributed by atoms with Crippen molar-refractivity contribution in [1.29, 1.82) is 0 Å². The average molecular weight is 196 g/mol. The van der Waals surface area contributed by atoms with Gasteiger partial charge >= 0.3 is 5.97 Å². The second kappa shape index (κ2) is 3.38. The van der Waals surface area contributed by atoms with Crippen LogP contribution in [-0.2, 0) is 6.54 Å². The van der Waals surface area contributed by atoms with Crippen LogP contribution in [0.1, 0.15) is 35.8 Å². The molecule has 2 N–H and O–H groups in total. The first-order chi connectivity index (χ1) is 6.70. The zero-order chi connectivity index (χ0) is 10.1. The highest BCUT2D eigenvalue weighted by molar-refractivity contribution is 5.83. The molecule has 2 heterocycles. The lowest BCUT2D eigenvalue weighted by Gasteiger charge is -2.08. The first-order valence-corrected chi connectivity index (χ1v) is 4.60. The molecule has 6 heteroatoms. The van der Waals surface area contributed by atoms with Gasteiger partial charge in [-0.05, 0) is 19.9 Å². The van der Waals surface area contributed by atoms with Gasteiger partial charge in [0.15, 0.2) is 0 Å². The van der Waals surface area contributed by atoms with Crippen molar-refractivity contribution in [3.8, 4) is 0 Å². The summed E-state index contributed by atoms with van der Waals surface area (Å²) in [6.45, 7) is 3.50. The molecular weight excluding hydrogens is 184 g/mol. The second-order valence-electron chi connectivity index (χ2n) is 3.37. The van der Waals surface area contributed by atoms with Crippen molar-refractivity contribution in [2.75, 3.05) is 6.54 Å². The number of carbonyl (C=O) groups is 1. The average Bonchev–Trinajstić information content (AvgIpc) is 2.48. The minimum Gasteiger partial charge on any atom is -0.475 e. The number of hydrogen-bond donors (Lipinski definition) is 2. The number of aromatic carboxylic acids is 1. The minimum absolute atomic E-state index is 0.0375. The fraction of sp³-hybridized carbons (Fsp3) is 0.625. The quantitative estimate of drug-likeness (QED) is 0.662. The standard InChI is InChI=1S/C8H12N4O2/c1-5-6-10-11-7(8(13)14)12(6)4-2-3-9-5/h5,9H,2-4H2,1H3,(H,13,14)/t5-/m1/s1. The van der Waals surface area contributed by atoms with Crippen molar-refractivity contribution in [2.24, 2.45) is 0 Å². The Kier molecular flexibility index (Phi) is 2.20. The van der Waals surface area contributed by atoms with Crippen LogP contribution < -0.4 is 5.32 Å². The van der Waals surface area contributed by atoms with E-state index in [1.807, 2.05) is 6.92 Å². The van der Waals surface area contributed by atoms with Crippen LogP contribution in [0.5, 0.6) is 0 Å². The molecule has 6 nitrogen and oxygen atoms in total. The molecule has 0 saturated heterocycles. The van der Waals surface area contributed by atoms with E-state index in [4.69, 9.17) is 5.11 Å². The Labute approximate surface area is 80.9 Å². The van der Waals surface area contributed by atoms with Crippen molar-refractivity contribution < 1.29 is 9.90 Å². The third-order valence-corrected chi connectivity index (χ3v) is 2.37. The zero-order valence-electron chi connectivity index (χ0n) is 7.90. The lowest BCUT2D eigenvalue weighted by atomic mass is 10.3. The Morgan fingerprint density at radius 2 is 2.43 bits per heavy atom. The number of rotatable bonds is 1. The van der Waals surface area contributed by atoms with Gasteiger partial charge in [0.2, 0.25) is 5.82 Å². The van der Waals surface area contributed by atoms with Crippen LogP contribution in [-0.4, -0.2) is 32.4 Å². The largest absolute Gasteiger partial charge is 0.475 e. The lowest BCUT2D eigenvalue weighted by molar-refractivity contribution is 0.0677. The first kappa shape index (κ1) is 9.14. The van der Waals surface area contributed by atoms with E-state index in [0.717, 1.165) is 13.0 Å². The summed E-state index contributed by atoms with van der Waals surface area (Å²) in [7, 11) is 0. The maximum absolute atomic E-state index is 10.8. The van der Waals surface area contributed by atoms with Gasteiger partial charge < -0.3 is 15.0 Å². The summed E-state index contributed by atoms with van der Waals surface area (Å²) < 4.78 is 1.67. The van der Waals surface area contributed by atoms with Crippen LogP contribution in [0.4, 0.5) is 0 Å². The Hall–Kier alpha value is -1.43. The third-order valence-electron chi connectivity index (χ3n) is 2.37. The predicted molar refractivity (Wildman–Crippen MR) is 48.0 cm³/mol. The molecular formula is C8H12N4O2. The second-order valence-corrected chi connectivity index (χ2v) is 3.37. The van der Waals surface area contributed by atoms with Crippen molar-refractivity contribution in [2.45, 2.75) is 25.9 Å². The van der Waals surface area contributed by atoms with Gasteiger partial charge in [-0.3, -0.25) is 0 Å². The maximum atomic E-state index is 10.8. The van der Waals surface area contributed by atoms with E-state index in [9.17, 15) is 4.79 Å². The molecule has 14 heavy (non-hydrogen) atoms. The molecule has 1 aromatic rings. The predicted octanol–water partition coefficient (Wildman–Crippen LogP) is 0.0306. The molecule has 0 amide bonds. The Balaban J connectivity index is 2.44. The Morgan fingerprint density at radius 1 is 1.64 bits per heavy atom. The van der Waals surface area contributed by atoms with E-state index in [1.54, 1.807) is 4.57 Å². The smallest absolute Gasteiger partial charge is 0.374 e. The van der Waals surface area contributed by atoms with Crippen LogP contribution in [0, 0.1) is 0 Å². The van der Waals surface area contributed by atoms with Gasteiger partial charge in [-0.15, -0.1) is 10.2 Å². The van der Waals surface area contributed by atoms with Crippen molar-refractivity contribution in [1.82, 2.24) is 20.1 Å². The number of nitrogens with zero attached hydrogens (tertiary/aromatic N) is 3. The highest BCUT2D eigenvalue weighted by Gasteiger charge is 2.22. The van der Waals surface area contributed by atoms with Gasteiger partial charge in [0.1, 0.15) is 5.82 Å². The molecule has 0 spiro atoms. The van der Waals surface area contributed by atoms with Crippen LogP contribution >= 0.6 is 0 Å². The molecule has 0 bridgehead atoms. The molecule has 1 aliphatic rings. The van der Waals surface area contributed by atoms with E-state index in [2.05, 4.69) is 15.5 Å². The molecule has 76 valence electrons. The Bertz CT molecular complexity index is 360. The van der Waals surface area contributed by atoms with E-state index in [0.29, 0.717) is 12.4 Å². The summed E-state index contributed by atoms with van der Waals surface area (Å²) in [5.74, 6) is -0.270. The number of carboxylic acid groups (broad SMARTS) is 1. The molecule has 1 aliphatic heterocycles. The molecule has 2 rings (SSSR count). The summed E-state index contributed by atoms with van der Waals surface area (Å²) in [6.07, 6.45) is 0.898. The molecule has 0 aromatic carbocycles. The molecule has 0 aliphatic carbocycles. The highest BCUT2D eigenvalue weighted by atomic mass is 16.4. The first-order valence-electron chi connectivity index (χ1n) is 4.60. The summed E-state index contributed by atoms with van der Waals surface area (Å²) >= 11 is 0. The zero-order valence-corrected chi connectivity index (χ0v) is 7.90. The van der Waals surface area contributed by atoms with Crippen LogP contribution in [0.3, 0.4) is 0 Å². The summed E-state index contributed by atoms with van der Waals surface area (Å²) in [5, 5.41) is 19.7. The Morgan fingerprint density at radius 3 is 3.14 bits per heavy atom. The van der Waals surface area contributed by atoms with E-state index in [1.165, 1.54) is 0 Å². The van der Waals surface area contributed by atoms with Gasteiger partial charge in [-0.1, -0.05) is 0 Å². The van der Waals surface area contributed by atoms with Crippen molar-refractivity contribution in [3.05, 3.63) is 11.6 Å². The minimum atomic E-state index is -1.02. The number of carboxylic acids is 1. The third kappa shape index (κ3) is 1.37. The molecule has 0 unspecified atom stereocenters. The summed E-state index contributed by atoms with van der Waals surface area (Å²) in [5.41, 5.74) is 0. The molecule has 1 atom stereocenters. The fourth-order valence-corrected chi connectivity index (χ4v) is 1.66. The van der Waals surface area contributed by atoms with Crippen LogP contribution in [0.2, 0.25) is 0 Å². The summed E-state index contributed by atoms with van der Waals surface area (Å²) in [6, 6.07) is 0.0677. The van der Waals surface area contributed by atoms with E-state index >= 15 is 0 Å². The molecule has 1 aromatic heterocycles. The van der Waals surface area contributed by atoms with Gasteiger partial charge in [0, 0.05) is 6.54 Å². The molecule has 0 saturated carbocycles. The van der Waals surface area contributed by atoms with Gasteiger partial charge in [-0.25, -0.2) is 4.79 Å². The monoisotopic (exact) mass is 196 g/mol. The normalized spacial score (nSPS) is 21.4. The fourth-order valence-electron chi connectivity index (χ4n) is 1.66. The molecule has 0 radical (unpaired) electrons. The van der Waals surface area contributed by atoms with Crippen LogP contribution in [0.25, 0.3) is 0 Å². The van der Waals surface area contributed by atoms with E-state index in [-0.39, 0.29) is 11.9 Å². The van der Waals surface area contributed by atoms with Gasteiger partial charge in [-0.2, -0.15) is 0 Å². The number of aromatic nitrogens is 3. The van der Waals surface area contributed by atoms with Gasteiger partial charge in [0.25, 0.3) is 0 Å². The lowest BCUT2D eigenvalue weighted by Crippen LogP contribution is -2.19. The van der Waals surface area contributed by atoms with Crippen molar-refractivity contribution in [3.63, 3.8) is 0 Å². The number of nitrogens with one attached hydrogen (secondary N) is 1. The van der Waals surface area contributed by atoms with Crippen molar-refractivity contribution >= 4 is 5.97 Å². The summed E-state index contributed by atoms with van der Waals surface area (Å²) in [4.78, 5) is 10.8.